The second-order valence-corrected chi connectivity index (χ2v) is 4.42. The highest BCUT2D eigenvalue weighted by molar-refractivity contribution is 6.52. The molecule has 2 atom stereocenters. The zero-order valence-corrected chi connectivity index (χ0v) is 7.69. The van der Waals surface area contributed by atoms with Crippen molar-refractivity contribution in [1.29, 1.82) is 0 Å². The summed E-state index contributed by atoms with van der Waals surface area (Å²) in [6.07, 6.45) is 0.0135. The number of alkyl halides is 2. The molecule has 11 heavy (non-hydrogen) atoms. The number of hydrogen-bond acceptors (Lipinski definition) is 2. The third kappa shape index (κ3) is 1.67. The minimum atomic E-state index is -1.10. The molecule has 1 aliphatic rings. The van der Waals surface area contributed by atoms with Crippen LogP contribution in [-0.4, -0.2) is 35.5 Å². The molecule has 1 N–H and O–H groups in total. The lowest BCUT2D eigenvalue weighted by molar-refractivity contribution is -0.00349. The molecule has 0 aromatic rings. The zero-order valence-electron chi connectivity index (χ0n) is 6.18. The maximum Gasteiger partial charge on any atom is 0.140 e. The molecule has 1 rings (SSSR count). The number of rotatable bonds is 1. The van der Waals surface area contributed by atoms with Crippen LogP contribution in [0.15, 0.2) is 0 Å². The van der Waals surface area contributed by atoms with Gasteiger partial charge in [0.2, 0.25) is 0 Å². The van der Waals surface area contributed by atoms with Crippen LogP contribution in [0.2, 0.25) is 0 Å². The molecule has 1 aliphatic heterocycles. The van der Waals surface area contributed by atoms with Crippen molar-refractivity contribution in [1.82, 2.24) is 0 Å². The number of ether oxygens (including phenoxy) is 1. The summed E-state index contributed by atoms with van der Waals surface area (Å²) < 4.78 is 4.08. The minimum absolute atomic E-state index is 0.103. The van der Waals surface area contributed by atoms with Crippen molar-refractivity contribution >= 4 is 31.0 Å². The first-order valence-corrected chi connectivity index (χ1v) is 4.10. The molecule has 0 aliphatic carbocycles. The molecule has 2 unspecified atom stereocenters. The first-order chi connectivity index (χ1) is 4.89. The van der Waals surface area contributed by atoms with E-state index in [1.165, 1.54) is 0 Å². The van der Waals surface area contributed by atoms with Crippen LogP contribution >= 0.6 is 23.2 Å². The Kier molecular flexibility index (Phi) is 2.46. The lowest BCUT2D eigenvalue weighted by Crippen LogP contribution is -2.40. The highest BCUT2D eigenvalue weighted by atomic mass is 35.5. The molecule has 0 aromatic carbocycles. The Bertz CT molecular complexity index is 145. The number of hydrogen-bond donors (Lipinski definition) is 1. The molecule has 1 heterocycles. The van der Waals surface area contributed by atoms with Crippen LogP contribution in [-0.2, 0) is 4.74 Å². The van der Waals surface area contributed by atoms with Crippen molar-refractivity contribution in [3.05, 3.63) is 0 Å². The third-order valence-electron chi connectivity index (χ3n) is 1.83. The van der Waals surface area contributed by atoms with Crippen molar-refractivity contribution in [2.75, 3.05) is 6.61 Å². The maximum absolute atomic E-state index is 8.73. The first-order valence-electron chi connectivity index (χ1n) is 3.34. The zero-order chi connectivity index (χ0) is 8.70. The third-order valence-corrected chi connectivity index (χ3v) is 2.88. The molecule has 2 radical (unpaired) electrons. The first kappa shape index (κ1) is 9.65. The largest absolute Gasteiger partial charge is 0.394 e. The molecular weight excluding hydrogens is 186 g/mol. The molecule has 0 bridgehead atoms. The van der Waals surface area contributed by atoms with Crippen LogP contribution in [0.3, 0.4) is 0 Å². The van der Waals surface area contributed by atoms with Gasteiger partial charge < -0.3 is 9.84 Å². The SMILES string of the molecule is [B]C1(C)OC(CO)CC1(Cl)Cl. The summed E-state index contributed by atoms with van der Waals surface area (Å²) in [5, 5.41) is 8.73. The molecular formula is C6H9BCl2O2. The van der Waals surface area contributed by atoms with Crippen molar-refractivity contribution in [2.45, 2.75) is 29.3 Å². The lowest BCUT2D eigenvalue weighted by atomic mass is 9.80. The summed E-state index contributed by atoms with van der Waals surface area (Å²) >= 11 is 11.7. The fraction of sp³-hybridized carbons (Fsp3) is 1.00. The highest BCUT2D eigenvalue weighted by Crippen LogP contribution is 2.45. The Hall–Kier alpha value is 0.565. The van der Waals surface area contributed by atoms with Crippen molar-refractivity contribution in [2.24, 2.45) is 0 Å². The van der Waals surface area contributed by atoms with Crippen LogP contribution < -0.4 is 0 Å². The Morgan fingerprint density at radius 1 is 1.73 bits per heavy atom. The Morgan fingerprint density at radius 3 is 2.45 bits per heavy atom. The van der Waals surface area contributed by atoms with Gasteiger partial charge in [-0.3, -0.25) is 0 Å². The van der Waals surface area contributed by atoms with E-state index in [2.05, 4.69) is 0 Å². The smallest absolute Gasteiger partial charge is 0.140 e. The normalized spacial score (nSPS) is 42.7. The van der Waals surface area contributed by atoms with Gasteiger partial charge in [-0.15, -0.1) is 0 Å². The molecule has 0 saturated carbocycles. The number of aliphatic hydroxyl groups is 1. The van der Waals surface area contributed by atoms with E-state index >= 15 is 0 Å². The molecule has 2 nitrogen and oxygen atoms in total. The van der Waals surface area contributed by atoms with Gasteiger partial charge in [0, 0.05) is 6.42 Å². The quantitative estimate of drug-likeness (QED) is 0.495. The second kappa shape index (κ2) is 2.80. The van der Waals surface area contributed by atoms with Gasteiger partial charge >= 0.3 is 0 Å². The monoisotopic (exact) mass is 194 g/mol. The summed E-state index contributed by atoms with van der Waals surface area (Å²) in [5.74, 6) is 0. The predicted molar refractivity (Wildman–Crippen MR) is 45.2 cm³/mol. The van der Waals surface area contributed by atoms with Gasteiger partial charge in [-0.2, -0.15) is 0 Å². The van der Waals surface area contributed by atoms with E-state index in [4.69, 9.17) is 40.9 Å². The van der Waals surface area contributed by atoms with Gasteiger partial charge in [0.15, 0.2) is 0 Å². The summed E-state index contributed by atoms with van der Waals surface area (Å²) in [5.41, 5.74) is -1.07. The summed E-state index contributed by atoms with van der Waals surface area (Å²) in [7, 11) is 5.62. The van der Waals surface area contributed by atoms with Crippen LogP contribution in [0.25, 0.3) is 0 Å². The van der Waals surface area contributed by atoms with Gasteiger partial charge in [0.25, 0.3) is 0 Å². The summed E-state index contributed by atoms with van der Waals surface area (Å²) in [4.78, 5) is 0. The molecule has 0 spiro atoms. The standard InChI is InChI=1S/C6H9BCl2O2/c1-5(7)6(8,9)2-4(3-10)11-5/h4,10H,2-3H2,1H3. The van der Waals surface area contributed by atoms with Crippen molar-refractivity contribution in [3.63, 3.8) is 0 Å². The lowest BCUT2D eigenvalue weighted by Gasteiger charge is -2.28. The Morgan fingerprint density at radius 2 is 2.27 bits per heavy atom. The maximum atomic E-state index is 8.73. The highest BCUT2D eigenvalue weighted by Gasteiger charge is 2.51. The van der Waals surface area contributed by atoms with Crippen molar-refractivity contribution < 1.29 is 9.84 Å². The van der Waals surface area contributed by atoms with Crippen LogP contribution in [0.4, 0.5) is 0 Å². The average molecular weight is 195 g/mol. The molecule has 0 aromatic heterocycles. The topological polar surface area (TPSA) is 29.5 Å². The van der Waals surface area contributed by atoms with E-state index in [1.54, 1.807) is 6.92 Å². The van der Waals surface area contributed by atoms with E-state index in [9.17, 15) is 0 Å². The van der Waals surface area contributed by atoms with Crippen molar-refractivity contribution in [3.8, 4) is 0 Å². The molecule has 5 heteroatoms. The van der Waals surface area contributed by atoms with Gasteiger partial charge in [-0.05, 0) is 6.92 Å². The molecule has 1 fully saturated rings. The van der Waals surface area contributed by atoms with Crippen LogP contribution in [0, 0.1) is 0 Å². The number of halogens is 2. The molecule has 1 saturated heterocycles. The van der Waals surface area contributed by atoms with E-state index in [-0.39, 0.29) is 12.7 Å². The Balaban J connectivity index is 2.72. The van der Waals surface area contributed by atoms with E-state index in [1.807, 2.05) is 0 Å². The van der Waals surface area contributed by atoms with Crippen LogP contribution in [0.1, 0.15) is 13.3 Å². The predicted octanol–water partition coefficient (Wildman–Crippen LogP) is 0.826. The molecule has 0 amide bonds. The summed E-state index contributed by atoms with van der Waals surface area (Å²) in [6.45, 7) is 1.50. The number of aliphatic hydroxyl groups excluding tert-OH is 1. The van der Waals surface area contributed by atoms with E-state index in [0.29, 0.717) is 6.42 Å². The van der Waals surface area contributed by atoms with Crippen LogP contribution in [0.5, 0.6) is 0 Å². The Labute approximate surface area is 77.2 Å². The van der Waals surface area contributed by atoms with Gasteiger partial charge in [0.05, 0.1) is 18.2 Å². The van der Waals surface area contributed by atoms with E-state index < -0.39 is 9.83 Å². The fourth-order valence-corrected chi connectivity index (χ4v) is 1.50. The van der Waals surface area contributed by atoms with Gasteiger partial charge in [0.1, 0.15) is 12.2 Å². The average Bonchev–Trinajstić information content (AvgIpc) is 2.03. The second-order valence-electron chi connectivity index (χ2n) is 2.94. The van der Waals surface area contributed by atoms with E-state index in [0.717, 1.165) is 0 Å². The minimum Gasteiger partial charge on any atom is -0.394 e. The summed E-state index contributed by atoms with van der Waals surface area (Å²) in [6, 6.07) is 0. The molecule has 62 valence electrons. The van der Waals surface area contributed by atoms with Gasteiger partial charge in [-0.1, -0.05) is 23.2 Å². The fourth-order valence-electron chi connectivity index (χ4n) is 1.06. The van der Waals surface area contributed by atoms with Gasteiger partial charge in [-0.25, -0.2) is 0 Å².